The molecule has 1 aromatic carbocycles. The maximum atomic E-state index is 12.4. The first kappa shape index (κ1) is 15.1. The van der Waals surface area contributed by atoms with Crippen molar-refractivity contribution in [3.63, 3.8) is 0 Å². The van der Waals surface area contributed by atoms with E-state index >= 15 is 0 Å². The maximum Gasteiger partial charge on any atom is 0.274 e. The van der Waals surface area contributed by atoms with Crippen molar-refractivity contribution in [2.45, 2.75) is 13.0 Å². The number of nitrogens with zero attached hydrogens (tertiary/aromatic N) is 4. The Kier molecular flexibility index (Phi) is 3.74. The molecule has 0 aliphatic carbocycles. The second kappa shape index (κ2) is 6.20. The molecule has 0 bridgehead atoms. The SMILES string of the molecule is CC(NC(=O)c1cc(-c2ccccc2)on1)c1nnc2ccccn12. The van der Waals surface area contributed by atoms with E-state index in [1.165, 1.54) is 0 Å². The third-order valence-electron chi connectivity index (χ3n) is 3.88. The molecule has 1 amide bonds. The van der Waals surface area contributed by atoms with Gasteiger partial charge in [-0.25, -0.2) is 0 Å². The highest BCUT2D eigenvalue weighted by Crippen LogP contribution is 2.20. The summed E-state index contributed by atoms with van der Waals surface area (Å²) in [5, 5.41) is 15.0. The summed E-state index contributed by atoms with van der Waals surface area (Å²) in [4.78, 5) is 12.4. The van der Waals surface area contributed by atoms with Gasteiger partial charge >= 0.3 is 0 Å². The van der Waals surface area contributed by atoms with Gasteiger partial charge in [0.25, 0.3) is 5.91 Å². The van der Waals surface area contributed by atoms with E-state index in [4.69, 9.17) is 4.52 Å². The minimum Gasteiger partial charge on any atom is -0.355 e. The smallest absolute Gasteiger partial charge is 0.274 e. The predicted molar refractivity (Wildman–Crippen MR) is 90.8 cm³/mol. The first-order valence-electron chi connectivity index (χ1n) is 7.85. The third-order valence-corrected chi connectivity index (χ3v) is 3.88. The Labute approximate surface area is 143 Å². The summed E-state index contributed by atoms with van der Waals surface area (Å²) in [6.07, 6.45) is 1.86. The molecule has 0 radical (unpaired) electrons. The lowest BCUT2D eigenvalue weighted by atomic mass is 10.1. The molecule has 0 spiro atoms. The number of nitrogens with one attached hydrogen (secondary N) is 1. The number of rotatable bonds is 4. The van der Waals surface area contributed by atoms with Gasteiger partial charge in [-0.3, -0.25) is 9.20 Å². The van der Waals surface area contributed by atoms with Crippen LogP contribution in [0.5, 0.6) is 0 Å². The van der Waals surface area contributed by atoms with E-state index in [9.17, 15) is 4.79 Å². The van der Waals surface area contributed by atoms with Crippen LogP contribution in [0.2, 0.25) is 0 Å². The van der Waals surface area contributed by atoms with E-state index in [0.29, 0.717) is 11.6 Å². The van der Waals surface area contributed by atoms with Crippen molar-refractivity contribution in [2.75, 3.05) is 0 Å². The molecular weight excluding hydrogens is 318 g/mol. The largest absolute Gasteiger partial charge is 0.355 e. The number of carbonyl (C=O) groups is 1. The molecule has 0 saturated carbocycles. The Morgan fingerprint density at radius 1 is 1.12 bits per heavy atom. The van der Waals surface area contributed by atoms with Crippen molar-refractivity contribution in [1.82, 2.24) is 25.1 Å². The molecule has 1 unspecified atom stereocenters. The van der Waals surface area contributed by atoms with Crippen LogP contribution in [0.1, 0.15) is 29.3 Å². The average Bonchev–Trinajstić information content (AvgIpc) is 3.30. The Hall–Kier alpha value is -3.48. The minimum atomic E-state index is -0.332. The van der Waals surface area contributed by atoms with Gasteiger partial charge in [0, 0.05) is 17.8 Å². The molecule has 0 aliphatic rings. The molecule has 4 rings (SSSR count). The predicted octanol–water partition coefficient (Wildman–Crippen LogP) is 2.88. The van der Waals surface area contributed by atoms with Gasteiger partial charge in [0.1, 0.15) is 0 Å². The van der Waals surface area contributed by atoms with Crippen LogP contribution in [-0.4, -0.2) is 25.7 Å². The zero-order valence-corrected chi connectivity index (χ0v) is 13.5. The van der Waals surface area contributed by atoms with E-state index in [0.717, 1.165) is 11.2 Å². The van der Waals surface area contributed by atoms with Crippen LogP contribution in [0.15, 0.2) is 65.3 Å². The number of pyridine rings is 1. The molecule has 7 nitrogen and oxygen atoms in total. The molecule has 1 N–H and O–H groups in total. The van der Waals surface area contributed by atoms with Crippen molar-refractivity contribution >= 4 is 11.6 Å². The van der Waals surface area contributed by atoms with Gasteiger partial charge in [-0.2, -0.15) is 0 Å². The van der Waals surface area contributed by atoms with Crippen molar-refractivity contribution in [3.05, 3.63) is 72.3 Å². The minimum absolute atomic E-state index is 0.222. The second-order valence-electron chi connectivity index (χ2n) is 5.62. The fraction of sp³-hybridized carbons (Fsp3) is 0.111. The lowest BCUT2D eigenvalue weighted by Gasteiger charge is -2.10. The number of hydrogen-bond donors (Lipinski definition) is 1. The van der Waals surface area contributed by atoms with Crippen LogP contribution in [0.3, 0.4) is 0 Å². The van der Waals surface area contributed by atoms with Crippen LogP contribution >= 0.6 is 0 Å². The maximum absolute atomic E-state index is 12.4. The van der Waals surface area contributed by atoms with Crippen LogP contribution in [0.4, 0.5) is 0 Å². The number of benzene rings is 1. The summed E-state index contributed by atoms with van der Waals surface area (Å²) < 4.78 is 7.11. The highest BCUT2D eigenvalue weighted by molar-refractivity contribution is 5.93. The number of carbonyl (C=O) groups excluding carboxylic acids is 1. The average molecular weight is 333 g/mol. The van der Waals surface area contributed by atoms with E-state index < -0.39 is 0 Å². The first-order valence-corrected chi connectivity index (χ1v) is 7.85. The molecule has 25 heavy (non-hydrogen) atoms. The topological polar surface area (TPSA) is 85.3 Å². The number of amides is 1. The van der Waals surface area contributed by atoms with Crippen LogP contribution < -0.4 is 5.32 Å². The van der Waals surface area contributed by atoms with Gasteiger partial charge < -0.3 is 9.84 Å². The first-order chi connectivity index (χ1) is 12.2. The molecule has 1 atom stereocenters. The van der Waals surface area contributed by atoms with Gasteiger partial charge in [0.05, 0.1) is 6.04 Å². The Balaban J connectivity index is 1.53. The number of hydrogen-bond acceptors (Lipinski definition) is 5. The molecule has 4 aromatic rings. The molecule has 7 heteroatoms. The van der Waals surface area contributed by atoms with E-state index in [-0.39, 0.29) is 17.6 Å². The fourth-order valence-corrected chi connectivity index (χ4v) is 2.61. The van der Waals surface area contributed by atoms with Gasteiger partial charge in [0.2, 0.25) is 0 Å². The van der Waals surface area contributed by atoms with Crippen LogP contribution in [-0.2, 0) is 0 Å². The summed E-state index contributed by atoms with van der Waals surface area (Å²) in [6.45, 7) is 1.85. The molecule has 3 heterocycles. The van der Waals surface area contributed by atoms with Crippen LogP contribution in [0, 0.1) is 0 Å². The molecule has 0 fully saturated rings. The van der Waals surface area contributed by atoms with Crippen LogP contribution in [0.25, 0.3) is 17.0 Å². The summed E-state index contributed by atoms with van der Waals surface area (Å²) >= 11 is 0. The Morgan fingerprint density at radius 3 is 2.76 bits per heavy atom. The van der Waals surface area contributed by atoms with E-state index in [1.54, 1.807) is 6.07 Å². The molecule has 124 valence electrons. The van der Waals surface area contributed by atoms with E-state index in [1.807, 2.05) is 66.1 Å². The van der Waals surface area contributed by atoms with E-state index in [2.05, 4.69) is 20.7 Å². The van der Waals surface area contributed by atoms with Gasteiger partial charge in [0.15, 0.2) is 22.9 Å². The molecular formula is C18H15N5O2. The lowest BCUT2D eigenvalue weighted by molar-refractivity contribution is 0.0929. The van der Waals surface area contributed by atoms with Gasteiger partial charge in [-0.15, -0.1) is 10.2 Å². The highest BCUT2D eigenvalue weighted by atomic mass is 16.5. The fourth-order valence-electron chi connectivity index (χ4n) is 2.61. The summed E-state index contributed by atoms with van der Waals surface area (Å²) in [5.41, 5.74) is 1.82. The summed E-state index contributed by atoms with van der Waals surface area (Å²) in [7, 11) is 0. The number of aromatic nitrogens is 4. The Bertz CT molecular complexity index is 1020. The second-order valence-corrected chi connectivity index (χ2v) is 5.62. The summed E-state index contributed by atoms with van der Waals surface area (Å²) in [6, 6.07) is 16.4. The highest BCUT2D eigenvalue weighted by Gasteiger charge is 2.19. The normalized spacial score (nSPS) is 12.2. The third kappa shape index (κ3) is 2.87. The lowest BCUT2D eigenvalue weighted by Crippen LogP contribution is -2.28. The van der Waals surface area contributed by atoms with Crippen molar-refractivity contribution < 1.29 is 9.32 Å². The molecule has 0 saturated heterocycles. The van der Waals surface area contributed by atoms with Gasteiger partial charge in [-0.05, 0) is 19.1 Å². The zero-order valence-electron chi connectivity index (χ0n) is 13.5. The Morgan fingerprint density at radius 2 is 1.92 bits per heavy atom. The molecule has 3 aromatic heterocycles. The standard InChI is InChI=1S/C18H15N5O2/c1-12(17-21-20-16-9-5-6-10-23(16)17)19-18(24)14-11-15(25-22-14)13-7-3-2-4-8-13/h2-12H,1H3,(H,19,24). The van der Waals surface area contributed by atoms with Gasteiger partial charge in [-0.1, -0.05) is 41.6 Å². The number of fused-ring (bicyclic) bond motifs is 1. The quantitative estimate of drug-likeness (QED) is 0.621. The summed E-state index contributed by atoms with van der Waals surface area (Å²) in [5.74, 6) is 0.869. The van der Waals surface area contributed by atoms with Crippen molar-refractivity contribution in [3.8, 4) is 11.3 Å². The van der Waals surface area contributed by atoms with Crippen molar-refractivity contribution in [2.24, 2.45) is 0 Å². The van der Waals surface area contributed by atoms with Crippen molar-refractivity contribution in [1.29, 1.82) is 0 Å². The zero-order chi connectivity index (χ0) is 17.2. The monoisotopic (exact) mass is 333 g/mol. The molecule has 0 aliphatic heterocycles.